The van der Waals surface area contributed by atoms with Crippen LogP contribution in [0.4, 0.5) is 0 Å². The van der Waals surface area contributed by atoms with Crippen LogP contribution in [0.1, 0.15) is 44.1 Å². The minimum absolute atomic E-state index is 0.426. The largest absolute Gasteiger partial charge is 0.465 e. The predicted molar refractivity (Wildman–Crippen MR) is 69.8 cm³/mol. The van der Waals surface area contributed by atoms with Crippen molar-refractivity contribution in [2.24, 2.45) is 5.73 Å². The highest BCUT2D eigenvalue weighted by Crippen LogP contribution is 2.22. The van der Waals surface area contributed by atoms with Gasteiger partial charge < -0.3 is 10.2 Å². The Balaban J connectivity index is 1.85. The van der Waals surface area contributed by atoms with Crippen LogP contribution in [0.25, 0.3) is 0 Å². The molecule has 96 valence electrons. The molecule has 3 nitrogen and oxygen atoms in total. The summed E-state index contributed by atoms with van der Waals surface area (Å²) in [5.41, 5.74) is 5.93. The number of hydrogen-bond acceptors (Lipinski definition) is 3. The first kappa shape index (κ1) is 12.7. The molecule has 0 atom stereocenters. The first-order valence-electron chi connectivity index (χ1n) is 6.72. The molecule has 0 aromatic carbocycles. The molecule has 1 aromatic rings. The lowest BCUT2D eigenvalue weighted by molar-refractivity contribution is 0.165. The van der Waals surface area contributed by atoms with Gasteiger partial charge in [-0.05, 0) is 44.9 Å². The van der Waals surface area contributed by atoms with Crippen LogP contribution >= 0.6 is 0 Å². The molecule has 1 aromatic heterocycles. The van der Waals surface area contributed by atoms with Crippen molar-refractivity contribution in [1.29, 1.82) is 0 Å². The fourth-order valence-corrected chi connectivity index (χ4v) is 2.61. The zero-order valence-corrected chi connectivity index (χ0v) is 11.0. The SMILES string of the molecule is CCc1ccc(CN(C)C2CCC(N)CC2)o1. The number of nitrogens with two attached hydrogens (primary N) is 1. The molecule has 17 heavy (non-hydrogen) atoms. The minimum atomic E-state index is 0.426. The van der Waals surface area contributed by atoms with Crippen LogP contribution < -0.4 is 5.73 Å². The summed E-state index contributed by atoms with van der Waals surface area (Å²) in [5, 5.41) is 0. The Morgan fingerprint density at radius 3 is 2.47 bits per heavy atom. The van der Waals surface area contributed by atoms with E-state index in [0.717, 1.165) is 37.3 Å². The molecular weight excluding hydrogens is 212 g/mol. The van der Waals surface area contributed by atoms with Crippen LogP contribution in [-0.4, -0.2) is 24.0 Å². The summed E-state index contributed by atoms with van der Waals surface area (Å²) in [7, 11) is 2.19. The van der Waals surface area contributed by atoms with Gasteiger partial charge in [0, 0.05) is 18.5 Å². The Bertz CT molecular complexity index is 340. The number of rotatable bonds is 4. The number of hydrogen-bond donors (Lipinski definition) is 1. The highest BCUT2D eigenvalue weighted by molar-refractivity contribution is 5.07. The van der Waals surface area contributed by atoms with E-state index < -0.39 is 0 Å². The van der Waals surface area contributed by atoms with Crippen molar-refractivity contribution < 1.29 is 4.42 Å². The molecule has 1 fully saturated rings. The van der Waals surface area contributed by atoms with E-state index in [1.165, 1.54) is 12.8 Å². The van der Waals surface area contributed by atoms with Crippen molar-refractivity contribution in [3.8, 4) is 0 Å². The molecule has 2 rings (SSSR count). The molecule has 0 amide bonds. The van der Waals surface area contributed by atoms with E-state index in [2.05, 4.69) is 31.0 Å². The predicted octanol–water partition coefficient (Wildman–Crippen LogP) is 2.54. The van der Waals surface area contributed by atoms with Crippen LogP contribution in [0.5, 0.6) is 0 Å². The van der Waals surface area contributed by atoms with Gasteiger partial charge in [-0.3, -0.25) is 4.90 Å². The lowest BCUT2D eigenvalue weighted by Gasteiger charge is -2.32. The van der Waals surface area contributed by atoms with Crippen molar-refractivity contribution in [2.75, 3.05) is 7.05 Å². The lowest BCUT2D eigenvalue weighted by Crippen LogP contribution is -2.38. The monoisotopic (exact) mass is 236 g/mol. The highest BCUT2D eigenvalue weighted by atomic mass is 16.3. The van der Waals surface area contributed by atoms with E-state index in [9.17, 15) is 0 Å². The van der Waals surface area contributed by atoms with Crippen LogP contribution in [0.2, 0.25) is 0 Å². The van der Waals surface area contributed by atoms with E-state index in [-0.39, 0.29) is 0 Å². The molecule has 0 bridgehead atoms. The van der Waals surface area contributed by atoms with Crippen LogP contribution in [-0.2, 0) is 13.0 Å². The smallest absolute Gasteiger partial charge is 0.118 e. The topological polar surface area (TPSA) is 42.4 Å². The summed E-state index contributed by atoms with van der Waals surface area (Å²) in [6.45, 7) is 3.04. The molecule has 1 heterocycles. The van der Waals surface area contributed by atoms with E-state index in [4.69, 9.17) is 10.2 Å². The minimum Gasteiger partial charge on any atom is -0.465 e. The maximum Gasteiger partial charge on any atom is 0.118 e. The lowest BCUT2D eigenvalue weighted by atomic mass is 9.91. The third-order valence-electron chi connectivity index (χ3n) is 3.84. The zero-order chi connectivity index (χ0) is 12.3. The number of furan rings is 1. The van der Waals surface area contributed by atoms with Gasteiger partial charge in [-0.1, -0.05) is 6.92 Å². The van der Waals surface area contributed by atoms with Crippen molar-refractivity contribution in [1.82, 2.24) is 4.90 Å². The average molecular weight is 236 g/mol. The molecule has 2 N–H and O–H groups in total. The van der Waals surface area contributed by atoms with E-state index in [1.807, 2.05) is 0 Å². The first-order valence-corrected chi connectivity index (χ1v) is 6.72. The van der Waals surface area contributed by atoms with Gasteiger partial charge >= 0.3 is 0 Å². The van der Waals surface area contributed by atoms with Crippen LogP contribution in [0.15, 0.2) is 16.5 Å². The van der Waals surface area contributed by atoms with Gasteiger partial charge in [0.2, 0.25) is 0 Å². The Morgan fingerprint density at radius 1 is 1.24 bits per heavy atom. The summed E-state index contributed by atoms with van der Waals surface area (Å²) in [4.78, 5) is 2.41. The van der Waals surface area contributed by atoms with Crippen LogP contribution in [0, 0.1) is 0 Å². The van der Waals surface area contributed by atoms with Crippen molar-refractivity contribution in [2.45, 2.75) is 57.7 Å². The maximum absolute atomic E-state index is 5.93. The van der Waals surface area contributed by atoms with E-state index >= 15 is 0 Å². The summed E-state index contributed by atoms with van der Waals surface area (Å²) in [6, 6.07) is 5.28. The molecule has 1 aliphatic rings. The van der Waals surface area contributed by atoms with Gasteiger partial charge in [-0.25, -0.2) is 0 Å². The Kier molecular flexibility index (Phi) is 4.24. The Morgan fingerprint density at radius 2 is 1.88 bits per heavy atom. The highest BCUT2D eigenvalue weighted by Gasteiger charge is 2.22. The maximum atomic E-state index is 5.93. The van der Waals surface area contributed by atoms with E-state index in [1.54, 1.807) is 0 Å². The fourth-order valence-electron chi connectivity index (χ4n) is 2.61. The quantitative estimate of drug-likeness (QED) is 0.873. The third-order valence-corrected chi connectivity index (χ3v) is 3.84. The van der Waals surface area contributed by atoms with Gasteiger partial charge in [0.1, 0.15) is 11.5 Å². The van der Waals surface area contributed by atoms with Gasteiger partial charge in [-0.15, -0.1) is 0 Å². The average Bonchev–Trinajstić information content (AvgIpc) is 2.77. The molecular formula is C14H24N2O. The molecule has 0 unspecified atom stereocenters. The van der Waals surface area contributed by atoms with Crippen molar-refractivity contribution in [3.63, 3.8) is 0 Å². The van der Waals surface area contributed by atoms with Gasteiger partial charge in [0.05, 0.1) is 6.54 Å². The molecule has 0 spiro atoms. The summed E-state index contributed by atoms with van der Waals surface area (Å²) < 4.78 is 5.75. The van der Waals surface area contributed by atoms with E-state index in [0.29, 0.717) is 12.1 Å². The number of nitrogens with zero attached hydrogens (tertiary/aromatic N) is 1. The second-order valence-electron chi connectivity index (χ2n) is 5.21. The Labute approximate surface area is 104 Å². The summed E-state index contributed by atoms with van der Waals surface area (Å²) >= 11 is 0. The molecule has 0 saturated heterocycles. The zero-order valence-electron chi connectivity index (χ0n) is 11.0. The van der Waals surface area contributed by atoms with Gasteiger partial charge in [0.15, 0.2) is 0 Å². The molecule has 1 aliphatic carbocycles. The molecule has 3 heteroatoms. The van der Waals surface area contributed by atoms with Gasteiger partial charge in [-0.2, -0.15) is 0 Å². The second-order valence-corrected chi connectivity index (χ2v) is 5.21. The Hall–Kier alpha value is -0.800. The second kappa shape index (κ2) is 5.69. The van der Waals surface area contributed by atoms with Gasteiger partial charge in [0.25, 0.3) is 0 Å². The third kappa shape index (κ3) is 3.33. The first-order chi connectivity index (χ1) is 8.19. The van der Waals surface area contributed by atoms with Crippen molar-refractivity contribution >= 4 is 0 Å². The summed E-state index contributed by atoms with van der Waals surface area (Å²) in [5.74, 6) is 2.17. The molecule has 0 radical (unpaired) electrons. The van der Waals surface area contributed by atoms with Crippen LogP contribution in [0.3, 0.4) is 0 Å². The normalized spacial score (nSPS) is 25.4. The molecule has 1 saturated carbocycles. The van der Waals surface area contributed by atoms with Crippen molar-refractivity contribution in [3.05, 3.63) is 23.7 Å². The molecule has 0 aliphatic heterocycles. The number of aryl methyl sites for hydroxylation is 1. The summed E-state index contributed by atoms with van der Waals surface area (Å²) in [6.07, 6.45) is 5.74. The standard InChI is InChI=1S/C14H24N2O/c1-3-13-8-9-14(17-13)10-16(2)12-6-4-11(15)5-7-12/h8-9,11-12H,3-7,10,15H2,1-2H3. The fraction of sp³-hybridized carbons (Fsp3) is 0.714.